The highest BCUT2D eigenvalue weighted by Crippen LogP contribution is 2.32. The second-order valence-electron chi connectivity index (χ2n) is 7.66. The summed E-state index contributed by atoms with van der Waals surface area (Å²) < 4.78 is 0. The number of aryl methyl sites for hydroxylation is 1. The molecule has 0 unspecified atom stereocenters. The summed E-state index contributed by atoms with van der Waals surface area (Å²) in [7, 11) is 1.96. The quantitative estimate of drug-likeness (QED) is 0.159. The van der Waals surface area contributed by atoms with Crippen molar-refractivity contribution in [2.24, 2.45) is 0 Å². The fourth-order valence-electron chi connectivity index (χ4n) is 3.43. The predicted octanol–water partition coefficient (Wildman–Crippen LogP) is 4.88. The number of carbonyl (C=O) groups is 2. The van der Waals surface area contributed by atoms with Gasteiger partial charge in [0.1, 0.15) is 0 Å². The number of carboxylic acid groups (broad SMARTS) is 1. The van der Waals surface area contributed by atoms with Crippen LogP contribution in [0.5, 0.6) is 0 Å². The molecule has 0 atom stereocenters. The van der Waals surface area contributed by atoms with Crippen LogP contribution in [0.25, 0.3) is 5.57 Å². The van der Waals surface area contributed by atoms with Gasteiger partial charge in [0.2, 0.25) is 0 Å². The molecule has 0 fully saturated rings. The summed E-state index contributed by atoms with van der Waals surface area (Å²) in [6.45, 7) is 3.81. The van der Waals surface area contributed by atoms with Crippen LogP contribution in [0.1, 0.15) is 28.4 Å². The number of para-hydroxylation sites is 1. The van der Waals surface area contributed by atoms with E-state index in [9.17, 15) is 9.59 Å². The summed E-state index contributed by atoms with van der Waals surface area (Å²) in [4.78, 5) is 25.3. The smallest absolute Gasteiger partial charge is 0.335 e. The van der Waals surface area contributed by atoms with Crippen LogP contribution >= 0.6 is 12.2 Å². The highest BCUT2D eigenvalue weighted by molar-refractivity contribution is 7.80. The van der Waals surface area contributed by atoms with E-state index in [4.69, 9.17) is 17.3 Å². The molecule has 0 amide bonds. The Hall–Kier alpha value is -4.17. The average Bonchev–Trinajstić information content (AvgIpc) is 2.83. The van der Waals surface area contributed by atoms with Crippen LogP contribution in [0.4, 0.5) is 17.1 Å². The lowest BCUT2D eigenvalue weighted by Crippen LogP contribution is -2.39. The maximum Gasteiger partial charge on any atom is 0.335 e. The van der Waals surface area contributed by atoms with Gasteiger partial charge in [-0.05, 0) is 68.0 Å². The molecule has 0 aliphatic heterocycles. The lowest BCUT2D eigenvalue weighted by molar-refractivity contribution is -0.103. The van der Waals surface area contributed by atoms with Crippen molar-refractivity contribution in [1.29, 1.82) is 0 Å². The maximum atomic E-state index is 12.1. The number of benzene rings is 3. The largest absolute Gasteiger partial charge is 0.478 e. The number of nitrogens with one attached hydrogen (secondary N) is 3. The van der Waals surface area contributed by atoms with Gasteiger partial charge in [0.25, 0.3) is 0 Å². The minimum Gasteiger partial charge on any atom is -0.478 e. The third kappa shape index (κ3) is 5.99. The number of carboxylic acids is 1. The second kappa shape index (κ2) is 11.1. The zero-order valence-corrected chi connectivity index (χ0v) is 19.9. The number of nitrogens with zero attached hydrogens (tertiary/aromatic N) is 1. The SMILES string of the molecule is C/C(NNC(=S)Nc1cccc(C(=O)O)c1)=C(/C=O)c1ccccc1N(C)c1cccc(C)c1. The topological polar surface area (TPSA) is 93.7 Å². The fourth-order valence-corrected chi connectivity index (χ4v) is 3.60. The Bertz CT molecular complexity index is 1260. The number of hydrogen-bond acceptors (Lipinski definition) is 5. The summed E-state index contributed by atoms with van der Waals surface area (Å²) in [6.07, 6.45) is 0.805. The monoisotopic (exact) mass is 474 g/mol. The van der Waals surface area contributed by atoms with Crippen LogP contribution in [0.2, 0.25) is 0 Å². The number of carbonyl (C=O) groups excluding carboxylic acids is 1. The molecular weight excluding hydrogens is 448 g/mol. The molecule has 0 aliphatic rings. The maximum absolute atomic E-state index is 12.1. The first-order chi connectivity index (χ1) is 16.3. The molecule has 34 heavy (non-hydrogen) atoms. The van der Waals surface area contributed by atoms with E-state index in [1.165, 1.54) is 12.1 Å². The highest BCUT2D eigenvalue weighted by Gasteiger charge is 2.15. The molecule has 0 saturated heterocycles. The summed E-state index contributed by atoms with van der Waals surface area (Å²) in [5.74, 6) is -1.02. The molecule has 3 aromatic rings. The molecule has 0 aromatic heterocycles. The van der Waals surface area contributed by atoms with Gasteiger partial charge in [0.15, 0.2) is 11.4 Å². The van der Waals surface area contributed by atoms with Crippen LogP contribution in [0.3, 0.4) is 0 Å². The molecule has 4 N–H and O–H groups in total. The zero-order chi connectivity index (χ0) is 24.7. The molecule has 0 heterocycles. The molecule has 3 rings (SSSR count). The Labute approximate surface area is 204 Å². The average molecular weight is 475 g/mol. The van der Waals surface area contributed by atoms with Crippen molar-refractivity contribution in [2.75, 3.05) is 17.3 Å². The van der Waals surface area contributed by atoms with Crippen molar-refractivity contribution in [2.45, 2.75) is 13.8 Å². The van der Waals surface area contributed by atoms with Gasteiger partial charge in [-0.2, -0.15) is 0 Å². The molecule has 8 heteroatoms. The second-order valence-corrected chi connectivity index (χ2v) is 8.07. The summed E-state index contributed by atoms with van der Waals surface area (Å²) >= 11 is 5.30. The summed E-state index contributed by atoms with van der Waals surface area (Å²) in [6, 6.07) is 22.1. The predicted molar refractivity (Wildman–Crippen MR) is 140 cm³/mol. The minimum absolute atomic E-state index is 0.148. The zero-order valence-electron chi connectivity index (χ0n) is 19.1. The van der Waals surface area contributed by atoms with Crippen molar-refractivity contribution in [1.82, 2.24) is 10.9 Å². The van der Waals surface area contributed by atoms with E-state index in [0.29, 0.717) is 17.0 Å². The Morgan fingerprint density at radius 1 is 1.00 bits per heavy atom. The van der Waals surface area contributed by atoms with Crippen LogP contribution in [-0.2, 0) is 4.79 Å². The Kier molecular flexibility index (Phi) is 8.00. The molecule has 0 bridgehead atoms. The lowest BCUT2D eigenvalue weighted by atomic mass is 10.0. The number of aldehydes is 1. The molecule has 0 spiro atoms. The Morgan fingerprint density at radius 2 is 1.74 bits per heavy atom. The molecule has 174 valence electrons. The molecule has 3 aromatic carbocycles. The van der Waals surface area contributed by atoms with E-state index in [0.717, 1.165) is 28.8 Å². The summed E-state index contributed by atoms with van der Waals surface area (Å²) in [5, 5.41) is 12.3. The number of rotatable bonds is 8. The van der Waals surface area contributed by atoms with Crippen LogP contribution in [0, 0.1) is 6.92 Å². The number of aromatic carboxylic acids is 1. The van der Waals surface area contributed by atoms with Gasteiger partial charge in [-0.15, -0.1) is 0 Å². The van der Waals surface area contributed by atoms with E-state index >= 15 is 0 Å². The van der Waals surface area contributed by atoms with E-state index in [2.05, 4.69) is 22.2 Å². The van der Waals surface area contributed by atoms with Crippen LogP contribution in [0.15, 0.2) is 78.5 Å². The van der Waals surface area contributed by atoms with E-state index in [1.54, 1.807) is 19.1 Å². The fraction of sp³-hybridized carbons (Fsp3) is 0.115. The minimum atomic E-state index is -1.02. The van der Waals surface area contributed by atoms with Gasteiger partial charge >= 0.3 is 5.97 Å². The van der Waals surface area contributed by atoms with Crippen molar-refractivity contribution < 1.29 is 14.7 Å². The molecular formula is C26H26N4O3S. The number of anilines is 3. The molecule has 0 radical (unpaired) electrons. The normalized spacial score (nSPS) is 11.1. The van der Waals surface area contributed by atoms with Crippen molar-refractivity contribution >= 4 is 52.2 Å². The Balaban J connectivity index is 1.79. The van der Waals surface area contributed by atoms with E-state index < -0.39 is 5.97 Å². The number of thiocarbonyl (C=S) groups is 1. The van der Waals surface area contributed by atoms with Crippen LogP contribution in [-0.4, -0.2) is 29.5 Å². The number of hydrazine groups is 1. The van der Waals surface area contributed by atoms with Gasteiger partial charge in [-0.25, -0.2) is 4.79 Å². The van der Waals surface area contributed by atoms with Crippen molar-refractivity contribution in [3.8, 4) is 0 Å². The van der Waals surface area contributed by atoms with Gasteiger partial charge in [-0.3, -0.25) is 10.2 Å². The third-order valence-electron chi connectivity index (χ3n) is 5.20. The first-order valence-corrected chi connectivity index (χ1v) is 10.9. The number of hydrogen-bond donors (Lipinski definition) is 4. The van der Waals surface area contributed by atoms with Crippen LogP contribution < -0.4 is 21.1 Å². The Morgan fingerprint density at radius 3 is 2.44 bits per heavy atom. The number of allylic oxidation sites excluding steroid dienone is 2. The molecule has 0 saturated carbocycles. The lowest BCUT2D eigenvalue weighted by Gasteiger charge is -2.24. The third-order valence-corrected chi connectivity index (χ3v) is 5.40. The van der Waals surface area contributed by atoms with Gasteiger partial charge in [-0.1, -0.05) is 36.4 Å². The van der Waals surface area contributed by atoms with E-state index in [-0.39, 0.29) is 10.7 Å². The highest BCUT2D eigenvalue weighted by atomic mass is 32.1. The van der Waals surface area contributed by atoms with Gasteiger partial charge in [0.05, 0.1) is 5.56 Å². The van der Waals surface area contributed by atoms with Crippen molar-refractivity contribution in [3.63, 3.8) is 0 Å². The molecule has 0 aliphatic carbocycles. The van der Waals surface area contributed by atoms with Gasteiger partial charge < -0.3 is 20.7 Å². The van der Waals surface area contributed by atoms with Crippen molar-refractivity contribution in [3.05, 3.63) is 95.2 Å². The van der Waals surface area contributed by atoms with E-state index in [1.807, 2.05) is 61.3 Å². The first kappa shape index (κ1) is 24.5. The van der Waals surface area contributed by atoms with Gasteiger partial charge in [0, 0.05) is 40.9 Å². The summed E-state index contributed by atoms with van der Waals surface area (Å²) in [5.41, 5.74) is 11.3. The first-order valence-electron chi connectivity index (χ1n) is 10.5. The molecule has 7 nitrogen and oxygen atoms in total. The standard InChI is InChI=1S/C26H26N4O3S/c1-17-8-6-11-21(14-17)30(3)24-13-5-4-12-22(24)23(16-31)18(2)28-29-26(34)27-20-10-7-9-19(15-20)25(32)33/h4-16,28H,1-3H3,(H,32,33)(H2,27,29,34)/b23-18+.